The van der Waals surface area contributed by atoms with Gasteiger partial charge in [0.2, 0.25) is 0 Å². The fraction of sp³-hybridized carbons (Fsp3) is 0.438. The van der Waals surface area contributed by atoms with E-state index in [0.29, 0.717) is 5.92 Å². The molecule has 4 heteroatoms. The lowest BCUT2D eigenvalue weighted by atomic mass is 9.99. The lowest BCUT2D eigenvalue weighted by molar-refractivity contribution is 0.284. The van der Waals surface area contributed by atoms with Crippen molar-refractivity contribution in [3.63, 3.8) is 0 Å². The largest absolute Gasteiger partial charge is 0.391 e. The standard InChI is InChI=1S/C16H20N2OS/c1-2-14-15(11-19)20-16(17-14)18-9-8-13(10-18)12-6-4-3-5-7-12/h3-7,13,19H,2,8-11H2,1H3. The van der Waals surface area contributed by atoms with Gasteiger partial charge in [0.05, 0.1) is 17.2 Å². The van der Waals surface area contributed by atoms with Gasteiger partial charge in [-0.3, -0.25) is 0 Å². The Labute approximate surface area is 123 Å². The second-order valence-electron chi connectivity index (χ2n) is 5.22. The lowest BCUT2D eigenvalue weighted by Crippen LogP contribution is -2.18. The number of aryl methyl sites for hydroxylation is 1. The SMILES string of the molecule is CCc1nc(N2CCC(c3ccccc3)C2)sc1CO. The van der Waals surface area contributed by atoms with Crippen LogP contribution in [0.2, 0.25) is 0 Å². The zero-order chi connectivity index (χ0) is 13.9. The second kappa shape index (κ2) is 5.94. The molecule has 1 aromatic carbocycles. The van der Waals surface area contributed by atoms with Crippen molar-refractivity contribution in [1.29, 1.82) is 0 Å². The van der Waals surface area contributed by atoms with Gasteiger partial charge in [-0.15, -0.1) is 0 Å². The van der Waals surface area contributed by atoms with Gasteiger partial charge in [0.1, 0.15) is 0 Å². The van der Waals surface area contributed by atoms with Crippen molar-refractivity contribution in [3.8, 4) is 0 Å². The number of hydrogen-bond acceptors (Lipinski definition) is 4. The highest BCUT2D eigenvalue weighted by atomic mass is 32.1. The molecule has 0 bridgehead atoms. The van der Waals surface area contributed by atoms with E-state index >= 15 is 0 Å². The Kier molecular flexibility index (Phi) is 4.03. The van der Waals surface area contributed by atoms with E-state index in [0.717, 1.165) is 35.2 Å². The third-order valence-corrected chi connectivity index (χ3v) is 5.12. The minimum Gasteiger partial charge on any atom is -0.391 e. The van der Waals surface area contributed by atoms with Crippen LogP contribution in [0.15, 0.2) is 30.3 Å². The van der Waals surface area contributed by atoms with Gasteiger partial charge in [0.25, 0.3) is 0 Å². The van der Waals surface area contributed by atoms with Gasteiger partial charge >= 0.3 is 0 Å². The fourth-order valence-corrected chi connectivity index (χ4v) is 3.88. The summed E-state index contributed by atoms with van der Waals surface area (Å²) in [6.07, 6.45) is 2.07. The van der Waals surface area contributed by atoms with Crippen LogP contribution in [0.1, 0.15) is 35.4 Å². The molecule has 1 aromatic heterocycles. The first-order valence-corrected chi connectivity index (χ1v) is 8.02. The molecule has 2 aromatic rings. The number of aliphatic hydroxyl groups is 1. The van der Waals surface area contributed by atoms with Crippen molar-refractivity contribution in [2.24, 2.45) is 0 Å². The summed E-state index contributed by atoms with van der Waals surface area (Å²) in [5, 5.41) is 10.5. The molecule has 0 saturated carbocycles. The van der Waals surface area contributed by atoms with E-state index in [1.54, 1.807) is 11.3 Å². The second-order valence-corrected chi connectivity index (χ2v) is 6.28. The molecule has 1 saturated heterocycles. The molecule has 20 heavy (non-hydrogen) atoms. The van der Waals surface area contributed by atoms with E-state index in [2.05, 4.69) is 42.2 Å². The molecule has 1 unspecified atom stereocenters. The van der Waals surface area contributed by atoms with E-state index < -0.39 is 0 Å². The molecule has 1 atom stereocenters. The van der Waals surface area contributed by atoms with Crippen molar-refractivity contribution >= 4 is 16.5 Å². The summed E-state index contributed by atoms with van der Waals surface area (Å²) < 4.78 is 0. The third-order valence-electron chi connectivity index (χ3n) is 3.98. The van der Waals surface area contributed by atoms with Crippen molar-refractivity contribution in [2.45, 2.75) is 32.3 Å². The average molecular weight is 288 g/mol. The Morgan fingerprint density at radius 1 is 1.35 bits per heavy atom. The maximum absolute atomic E-state index is 9.39. The van der Waals surface area contributed by atoms with Crippen LogP contribution >= 0.6 is 11.3 Å². The number of hydrogen-bond donors (Lipinski definition) is 1. The maximum atomic E-state index is 9.39. The van der Waals surface area contributed by atoms with Gasteiger partial charge in [-0.2, -0.15) is 0 Å². The molecule has 0 amide bonds. The van der Waals surface area contributed by atoms with Crippen LogP contribution in [0.5, 0.6) is 0 Å². The van der Waals surface area contributed by atoms with Crippen molar-refractivity contribution in [2.75, 3.05) is 18.0 Å². The summed E-state index contributed by atoms with van der Waals surface area (Å²) in [4.78, 5) is 8.07. The van der Waals surface area contributed by atoms with Gasteiger partial charge in [0.15, 0.2) is 5.13 Å². The Morgan fingerprint density at radius 2 is 2.15 bits per heavy atom. The van der Waals surface area contributed by atoms with E-state index in [1.165, 1.54) is 12.0 Å². The quantitative estimate of drug-likeness (QED) is 0.938. The molecular weight excluding hydrogens is 268 g/mol. The van der Waals surface area contributed by atoms with Gasteiger partial charge in [0, 0.05) is 19.0 Å². The summed E-state index contributed by atoms with van der Waals surface area (Å²) in [7, 11) is 0. The van der Waals surface area contributed by atoms with Crippen LogP contribution in [-0.2, 0) is 13.0 Å². The summed E-state index contributed by atoms with van der Waals surface area (Å²) in [5.41, 5.74) is 2.47. The van der Waals surface area contributed by atoms with Crippen molar-refractivity contribution in [3.05, 3.63) is 46.5 Å². The molecule has 2 heterocycles. The fourth-order valence-electron chi connectivity index (χ4n) is 2.84. The lowest BCUT2D eigenvalue weighted by Gasteiger charge is -2.15. The first kappa shape index (κ1) is 13.6. The van der Waals surface area contributed by atoms with Gasteiger partial charge < -0.3 is 10.0 Å². The Hall–Kier alpha value is -1.39. The van der Waals surface area contributed by atoms with Crippen LogP contribution in [0.3, 0.4) is 0 Å². The Balaban J connectivity index is 1.75. The van der Waals surface area contributed by atoms with Crippen molar-refractivity contribution in [1.82, 2.24) is 4.98 Å². The average Bonchev–Trinajstić information content (AvgIpc) is 3.14. The summed E-state index contributed by atoms with van der Waals surface area (Å²) in [6, 6.07) is 10.7. The molecule has 3 rings (SSSR count). The number of rotatable bonds is 4. The third kappa shape index (κ3) is 2.58. The predicted molar refractivity (Wildman–Crippen MR) is 83.4 cm³/mol. The molecule has 3 nitrogen and oxygen atoms in total. The summed E-state index contributed by atoms with van der Waals surface area (Å²) in [6.45, 7) is 4.29. The zero-order valence-electron chi connectivity index (χ0n) is 11.7. The molecular formula is C16H20N2OS. The van der Waals surface area contributed by atoms with Crippen LogP contribution in [0.25, 0.3) is 0 Å². The van der Waals surface area contributed by atoms with Crippen LogP contribution in [0.4, 0.5) is 5.13 Å². The van der Waals surface area contributed by atoms with Crippen LogP contribution in [0, 0.1) is 0 Å². The van der Waals surface area contributed by atoms with E-state index in [4.69, 9.17) is 4.98 Å². The highest BCUT2D eigenvalue weighted by Gasteiger charge is 2.26. The molecule has 0 spiro atoms. The highest BCUT2D eigenvalue weighted by molar-refractivity contribution is 7.15. The molecule has 1 aliphatic heterocycles. The number of aromatic nitrogens is 1. The molecule has 1 N–H and O–H groups in total. The predicted octanol–water partition coefficient (Wildman–Crippen LogP) is 3.19. The van der Waals surface area contributed by atoms with Gasteiger partial charge in [-0.25, -0.2) is 4.98 Å². The molecule has 0 aliphatic carbocycles. The number of anilines is 1. The monoisotopic (exact) mass is 288 g/mol. The van der Waals surface area contributed by atoms with Gasteiger partial charge in [-0.1, -0.05) is 48.6 Å². The van der Waals surface area contributed by atoms with Crippen LogP contribution in [-0.4, -0.2) is 23.2 Å². The van der Waals surface area contributed by atoms with E-state index in [1.807, 2.05) is 0 Å². The molecule has 1 fully saturated rings. The normalized spacial score (nSPS) is 18.7. The zero-order valence-corrected chi connectivity index (χ0v) is 12.6. The number of aliphatic hydroxyl groups excluding tert-OH is 1. The van der Waals surface area contributed by atoms with E-state index in [-0.39, 0.29) is 6.61 Å². The molecule has 1 aliphatic rings. The Bertz CT molecular complexity index is 546. The highest BCUT2D eigenvalue weighted by Crippen LogP contribution is 2.34. The number of thiazole rings is 1. The van der Waals surface area contributed by atoms with Gasteiger partial charge in [-0.05, 0) is 18.4 Å². The number of benzene rings is 1. The minimum atomic E-state index is 0.108. The summed E-state index contributed by atoms with van der Waals surface area (Å²) >= 11 is 1.64. The van der Waals surface area contributed by atoms with E-state index in [9.17, 15) is 5.11 Å². The smallest absolute Gasteiger partial charge is 0.185 e. The van der Waals surface area contributed by atoms with Crippen molar-refractivity contribution < 1.29 is 5.11 Å². The topological polar surface area (TPSA) is 36.4 Å². The minimum absolute atomic E-state index is 0.108. The maximum Gasteiger partial charge on any atom is 0.185 e. The number of nitrogens with zero attached hydrogens (tertiary/aromatic N) is 2. The first-order valence-electron chi connectivity index (χ1n) is 7.21. The molecule has 106 valence electrons. The Morgan fingerprint density at radius 3 is 2.80 bits per heavy atom. The molecule has 0 radical (unpaired) electrons. The van der Waals surface area contributed by atoms with Crippen LogP contribution < -0.4 is 4.90 Å². The summed E-state index contributed by atoms with van der Waals surface area (Å²) in [5.74, 6) is 0.600. The first-order chi connectivity index (χ1) is 9.81.